The molecular weight excluding hydrogens is 323 g/mol. The van der Waals surface area contributed by atoms with E-state index in [0.29, 0.717) is 6.07 Å². The van der Waals surface area contributed by atoms with Crippen molar-refractivity contribution in [3.05, 3.63) is 57.3 Å². The number of rotatable bonds is 3. The number of halogens is 3. The number of nitrogens with zero attached hydrogens (tertiary/aromatic N) is 2. The van der Waals surface area contributed by atoms with Gasteiger partial charge >= 0.3 is 0 Å². The number of hydrogen-bond acceptors (Lipinski definition) is 3. The number of benzene rings is 1. The highest BCUT2D eigenvalue weighted by molar-refractivity contribution is 5.93. The molecule has 5 nitrogen and oxygen atoms in total. The van der Waals surface area contributed by atoms with Crippen LogP contribution >= 0.6 is 0 Å². The van der Waals surface area contributed by atoms with Crippen LogP contribution in [0.25, 0.3) is 0 Å². The van der Waals surface area contributed by atoms with Crippen LogP contribution < -0.4 is 10.9 Å². The van der Waals surface area contributed by atoms with Gasteiger partial charge in [0.05, 0.1) is 11.4 Å². The summed E-state index contributed by atoms with van der Waals surface area (Å²) in [4.78, 5) is 24.3. The SMILES string of the molecule is CC(C(=O)Nc1ccc(F)c(F)c1F)n1nc2c(cc1=O)CCC2. The van der Waals surface area contributed by atoms with E-state index in [1.807, 2.05) is 0 Å². The molecule has 2 aromatic rings. The van der Waals surface area contributed by atoms with Gasteiger partial charge in [-0.2, -0.15) is 5.10 Å². The fraction of sp³-hybridized carbons (Fsp3) is 0.312. The summed E-state index contributed by atoms with van der Waals surface area (Å²) in [6.45, 7) is 1.42. The first-order valence-electron chi connectivity index (χ1n) is 7.44. The van der Waals surface area contributed by atoms with E-state index in [4.69, 9.17) is 0 Å². The molecule has 0 aliphatic heterocycles. The van der Waals surface area contributed by atoms with E-state index >= 15 is 0 Å². The third-order valence-electron chi connectivity index (χ3n) is 4.02. The minimum Gasteiger partial charge on any atom is -0.322 e. The number of hydrogen-bond donors (Lipinski definition) is 1. The lowest BCUT2D eigenvalue weighted by Gasteiger charge is -2.15. The predicted molar refractivity (Wildman–Crippen MR) is 80.2 cm³/mol. The maximum Gasteiger partial charge on any atom is 0.267 e. The lowest BCUT2D eigenvalue weighted by atomic mass is 10.2. The van der Waals surface area contributed by atoms with Crippen molar-refractivity contribution in [1.29, 1.82) is 0 Å². The normalized spacial score (nSPS) is 14.3. The molecule has 0 saturated carbocycles. The molecule has 1 aliphatic carbocycles. The Morgan fingerprint density at radius 1 is 1.25 bits per heavy atom. The number of aromatic nitrogens is 2. The summed E-state index contributed by atoms with van der Waals surface area (Å²) < 4.78 is 40.8. The summed E-state index contributed by atoms with van der Waals surface area (Å²) in [6, 6.07) is 2.03. The van der Waals surface area contributed by atoms with Gasteiger partial charge in [-0.05, 0) is 43.9 Å². The van der Waals surface area contributed by atoms with E-state index in [9.17, 15) is 22.8 Å². The topological polar surface area (TPSA) is 64.0 Å². The van der Waals surface area contributed by atoms with E-state index in [-0.39, 0.29) is 0 Å². The Kier molecular flexibility index (Phi) is 4.13. The van der Waals surface area contributed by atoms with Gasteiger partial charge in [-0.25, -0.2) is 17.9 Å². The van der Waals surface area contributed by atoms with E-state index in [1.54, 1.807) is 0 Å². The van der Waals surface area contributed by atoms with Gasteiger partial charge in [0, 0.05) is 6.07 Å². The van der Waals surface area contributed by atoms with E-state index < -0.39 is 40.6 Å². The van der Waals surface area contributed by atoms with Crippen LogP contribution in [-0.2, 0) is 17.6 Å². The maximum absolute atomic E-state index is 13.6. The van der Waals surface area contributed by atoms with Gasteiger partial charge in [0.25, 0.3) is 5.56 Å². The molecule has 126 valence electrons. The van der Waals surface area contributed by atoms with Crippen LogP contribution in [-0.4, -0.2) is 15.7 Å². The number of fused-ring (bicyclic) bond motifs is 1. The average molecular weight is 337 g/mol. The standard InChI is InChI=1S/C16H14F3N3O2/c1-8(22-13(23)7-9-3-2-4-11(9)21-22)16(24)20-12-6-5-10(17)14(18)15(12)19/h5-8H,2-4H2,1H3,(H,20,24). The third-order valence-corrected chi connectivity index (χ3v) is 4.02. The van der Waals surface area contributed by atoms with Gasteiger partial charge in [-0.1, -0.05) is 0 Å². The Bertz CT molecular complexity index is 880. The van der Waals surface area contributed by atoms with Gasteiger partial charge in [-0.15, -0.1) is 0 Å². The summed E-state index contributed by atoms with van der Waals surface area (Å²) in [5.74, 6) is -5.28. The van der Waals surface area contributed by atoms with Crippen molar-refractivity contribution in [2.24, 2.45) is 0 Å². The Morgan fingerprint density at radius 2 is 2.00 bits per heavy atom. The second-order valence-corrected chi connectivity index (χ2v) is 5.64. The summed E-state index contributed by atoms with van der Waals surface area (Å²) in [6.07, 6.45) is 2.40. The summed E-state index contributed by atoms with van der Waals surface area (Å²) >= 11 is 0. The maximum atomic E-state index is 13.6. The number of anilines is 1. The van der Waals surface area contributed by atoms with E-state index in [1.165, 1.54) is 13.0 Å². The fourth-order valence-electron chi connectivity index (χ4n) is 2.66. The molecule has 0 bridgehead atoms. The van der Waals surface area contributed by atoms with Crippen LogP contribution in [0.1, 0.15) is 30.6 Å². The minimum absolute atomic E-state index is 0.441. The van der Waals surface area contributed by atoms with Crippen molar-refractivity contribution in [2.75, 3.05) is 5.32 Å². The Labute approximate surface area is 135 Å². The first-order chi connectivity index (χ1) is 11.4. The number of aryl methyl sites for hydroxylation is 2. The Hall–Kier alpha value is -2.64. The van der Waals surface area contributed by atoms with Crippen molar-refractivity contribution < 1.29 is 18.0 Å². The van der Waals surface area contributed by atoms with Crippen molar-refractivity contribution >= 4 is 11.6 Å². The van der Waals surface area contributed by atoms with Gasteiger partial charge in [0.2, 0.25) is 5.91 Å². The second-order valence-electron chi connectivity index (χ2n) is 5.64. The first kappa shape index (κ1) is 16.2. The van der Waals surface area contributed by atoms with Crippen LogP contribution in [0.4, 0.5) is 18.9 Å². The summed E-state index contributed by atoms with van der Waals surface area (Å²) in [5.41, 5.74) is 0.688. The highest BCUT2D eigenvalue weighted by Crippen LogP contribution is 2.21. The summed E-state index contributed by atoms with van der Waals surface area (Å²) in [7, 11) is 0. The summed E-state index contributed by atoms with van der Waals surface area (Å²) in [5, 5.41) is 6.34. The molecule has 1 amide bonds. The van der Waals surface area contributed by atoms with Crippen LogP contribution in [0.5, 0.6) is 0 Å². The molecule has 1 N–H and O–H groups in total. The second kappa shape index (κ2) is 6.10. The van der Waals surface area contributed by atoms with Crippen molar-refractivity contribution in [3.63, 3.8) is 0 Å². The monoisotopic (exact) mass is 337 g/mol. The van der Waals surface area contributed by atoms with Gasteiger partial charge in [-0.3, -0.25) is 9.59 Å². The van der Waals surface area contributed by atoms with Gasteiger partial charge in [0.1, 0.15) is 6.04 Å². The van der Waals surface area contributed by atoms with Crippen molar-refractivity contribution in [2.45, 2.75) is 32.2 Å². The molecular formula is C16H14F3N3O2. The highest BCUT2D eigenvalue weighted by Gasteiger charge is 2.23. The molecule has 3 rings (SSSR count). The zero-order chi connectivity index (χ0) is 17.4. The van der Waals surface area contributed by atoms with Crippen LogP contribution in [0.2, 0.25) is 0 Å². The number of carbonyl (C=O) groups is 1. The van der Waals surface area contributed by atoms with Crippen LogP contribution in [0, 0.1) is 17.5 Å². The molecule has 8 heteroatoms. The lowest BCUT2D eigenvalue weighted by Crippen LogP contribution is -2.34. The number of nitrogens with one attached hydrogen (secondary N) is 1. The molecule has 24 heavy (non-hydrogen) atoms. The number of amides is 1. The predicted octanol–water partition coefficient (Wildman–Crippen LogP) is 2.35. The smallest absolute Gasteiger partial charge is 0.267 e. The average Bonchev–Trinajstić information content (AvgIpc) is 3.01. The molecule has 1 aromatic heterocycles. The van der Waals surface area contributed by atoms with Crippen molar-refractivity contribution in [3.8, 4) is 0 Å². The molecule has 0 fully saturated rings. The zero-order valence-corrected chi connectivity index (χ0v) is 12.8. The molecule has 1 heterocycles. The first-order valence-corrected chi connectivity index (χ1v) is 7.44. The van der Waals surface area contributed by atoms with Crippen molar-refractivity contribution in [1.82, 2.24) is 9.78 Å². The largest absolute Gasteiger partial charge is 0.322 e. The quantitative estimate of drug-likeness (QED) is 0.875. The van der Waals surface area contributed by atoms with E-state index in [2.05, 4.69) is 10.4 Å². The highest BCUT2D eigenvalue weighted by atomic mass is 19.2. The van der Waals surface area contributed by atoms with Gasteiger partial charge < -0.3 is 5.32 Å². The fourth-order valence-corrected chi connectivity index (χ4v) is 2.66. The molecule has 1 aromatic carbocycles. The van der Waals surface area contributed by atoms with E-state index in [0.717, 1.165) is 41.3 Å². The Morgan fingerprint density at radius 3 is 2.75 bits per heavy atom. The lowest BCUT2D eigenvalue weighted by molar-refractivity contribution is -0.119. The third kappa shape index (κ3) is 2.79. The van der Waals surface area contributed by atoms with Crippen LogP contribution in [0.3, 0.4) is 0 Å². The molecule has 1 aliphatic rings. The molecule has 0 radical (unpaired) electrons. The zero-order valence-electron chi connectivity index (χ0n) is 12.8. The molecule has 1 atom stereocenters. The minimum atomic E-state index is -1.67. The Balaban J connectivity index is 1.86. The van der Waals surface area contributed by atoms with Crippen LogP contribution in [0.15, 0.2) is 23.0 Å². The number of carbonyl (C=O) groups excluding carboxylic acids is 1. The molecule has 1 unspecified atom stereocenters. The molecule has 0 spiro atoms. The van der Waals surface area contributed by atoms with Gasteiger partial charge in [0.15, 0.2) is 17.5 Å². The molecule has 0 saturated heterocycles.